The van der Waals surface area contributed by atoms with Crippen molar-refractivity contribution in [3.05, 3.63) is 0 Å². The molecule has 0 saturated heterocycles. The highest BCUT2D eigenvalue weighted by Gasteiger charge is 2.17. The van der Waals surface area contributed by atoms with E-state index in [2.05, 4.69) is 0 Å². The maximum absolute atomic E-state index is 10.3. The molecule has 0 bridgehead atoms. The van der Waals surface area contributed by atoms with Gasteiger partial charge in [0.05, 0.1) is 0 Å². The second-order valence-corrected chi connectivity index (χ2v) is 2.88. The van der Waals surface area contributed by atoms with Gasteiger partial charge in [0.1, 0.15) is 6.04 Å². The molecule has 0 saturated carbocycles. The molecule has 0 rings (SSSR count). The molecule has 0 spiro atoms. The molecular formula is C5H8NO6S-. The summed E-state index contributed by atoms with van der Waals surface area (Å²) in [4.78, 5) is 20.4. The minimum atomic E-state index is -2.70. The van der Waals surface area contributed by atoms with Gasteiger partial charge in [-0.2, -0.15) is 0 Å². The Balaban J connectivity index is 4.02. The molecule has 13 heavy (non-hydrogen) atoms. The number of nitrogens with one attached hydrogen (secondary N) is 1. The third-order valence-electron chi connectivity index (χ3n) is 1.18. The molecular weight excluding hydrogens is 202 g/mol. The van der Waals surface area contributed by atoms with Gasteiger partial charge in [-0.3, -0.25) is 13.8 Å². The largest absolute Gasteiger partial charge is 0.760 e. The maximum atomic E-state index is 10.3. The van der Waals surface area contributed by atoms with Crippen LogP contribution in [0.1, 0.15) is 12.8 Å². The summed E-state index contributed by atoms with van der Waals surface area (Å²) in [5.41, 5.74) is 0. The van der Waals surface area contributed by atoms with Gasteiger partial charge in [0, 0.05) is 17.7 Å². The van der Waals surface area contributed by atoms with Crippen molar-refractivity contribution in [1.82, 2.24) is 4.72 Å². The summed E-state index contributed by atoms with van der Waals surface area (Å²) in [6, 6.07) is -1.38. The van der Waals surface area contributed by atoms with Crippen LogP contribution in [0.2, 0.25) is 0 Å². The first-order valence-electron chi connectivity index (χ1n) is 3.23. The lowest BCUT2D eigenvalue weighted by atomic mass is 10.2. The van der Waals surface area contributed by atoms with Crippen molar-refractivity contribution in [2.45, 2.75) is 18.9 Å². The number of hydrogen-bond acceptors (Lipinski definition) is 4. The van der Waals surface area contributed by atoms with Crippen molar-refractivity contribution >= 4 is 23.2 Å². The van der Waals surface area contributed by atoms with Crippen LogP contribution in [0.3, 0.4) is 0 Å². The lowest BCUT2D eigenvalue weighted by molar-refractivity contribution is -0.140. The van der Waals surface area contributed by atoms with Crippen molar-refractivity contribution in [3.63, 3.8) is 0 Å². The van der Waals surface area contributed by atoms with Crippen molar-refractivity contribution in [1.29, 1.82) is 0 Å². The van der Waals surface area contributed by atoms with Crippen LogP contribution in [-0.2, 0) is 20.9 Å². The molecule has 7 nitrogen and oxygen atoms in total. The summed E-state index contributed by atoms with van der Waals surface area (Å²) in [5.74, 6) is -2.57. The van der Waals surface area contributed by atoms with Crippen molar-refractivity contribution in [3.8, 4) is 0 Å². The molecule has 0 heterocycles. The van der Waals surface area contributed by atoms with Gasteiger partial charge >= 0.3 is 11.9 Å². The molecule has 0 aromatic rings. The summed E-state index contributed by atoms with van der Waals surface area (Å²) in [6.07, 6.45) is -0.681. The van der Waals surface area contributed by atoms with Crippen LogP contribution < -0.4 is 4.72 Å². The Labute approximate surface area is 76.2 Å². The summed E-state index contributed by atoms with van der Waals surface area (Å²) in [7, 11) is 0. The van der Waals surface area contributed by atoms with E-state index in [0.717, 1.165) is 0 Å². The summed E-state index contributed by atoms with van der Waals surface area (Å²) >= 11 is -2.70. The van der Waals surface area contributed by atoms with E-state index in [0.29, 0.717) is 0 Å². The van der Waals surface area contributed by atoms with Gasteiger partial charge in [0.15, 0.2) is 0 Å². The Hall–Kier alpha value is -0.990. The molecule has 0 aliphatic rings. The third kappa shape index (κ3) is 6.20. The molecule has 2 atom stereocenters. The van der Waals surface area contributed by atoms with Crippen LogP contribution in [-0.4, -0.2) is 37.0 Å². The van der Waals surface area contributed by atoms with E-state index in [1.165, 1.54) is 0 Å². The minimum Gasteiger partial charge on any atom is -0.760 e. The average Bonchev–Trinajstić information content (AvgIpc) is 1.96. The number of aliphatic carboxylic acids is 2. The van der Waals surface area contributed by atoms with Gasteiger partial charge in [-0.1, -0.05) is 0 Å². The molecule has 0 fully saturated rings. The zero-order chi connectivity index (χ0) is 10.4. The number of hydrogen-bond donors (Lipinski definition) is 3. The quantitative estimate of drug-likeness (QED) is 0.467. The molecule has 8 heteroatoms. The van der Waals surface area contributed by atoms with Crippen LogP contribution in [0.25, 0.3) is 0 Å². The zero-order valence-electron chi connectivity index (χ0n) is 6.43. The molecule has 0 amide bonds. The van der Waals surface area contributed by atoms with E-state index in [1.54, 1.807) is 4.72 Å². The fraction of sp³-hybridized carbons (Fsp3) is 0.600. The third-order valence-corrected chi connectivity index (χ3v) is 1.66. The van der Waals surface area contributed by atoms with E-state index >= 15 is 0 Å². The van der Waals surface area contributed by atoms with Gasteiger partial charge in [-0.05, 0) is 6.42 Å². The van der Waals surface area contributed by atoms with Gasteiger partial charge in [0.25, 0.3) is 0 Å². The van der Waals surface area contributed by atoms with Gasteiger partial charge in [-0.25, -0.2) is 4.72 Å². The first-order valence-corrected chi connectivity index (χ1v) is 4.31. The fourth-order valence-electron chi connectivity index (χ4n) is 0.617. The molecule has 0 aliphatic heterocycles. The molecule has 0 aromatic heterocycles. The highest BCUT2D eigenvalue weighted by molar-refractivity contribution is 7.77. The van der Waals surface area contributed by atoms with Crippen molar-refractivity contribution in [2.75, 3.05) is 0 Å². The second-order valence-electron chi connectivity index (χ2n) is 2.18. The highest BCUT2D eigenvalue weighted by atomic mass is 32.2. The molecule has 0 aromatic carbocycles. The Kier molecular flexibility index (Phi) is 5.19. The van der Waals surface area contributed by atoms with Crippen LogP contribution in [0, 0.1) is 0 Å². The van der Waals surface area contributed by atoms with Gasteiger partial charge in [-0.15, -0.1) is 0 Å². The highest BCUT2D eigenvalue weighted by Crippen LogP contribution is 1.98. The Bertz CT molecular complexity index is 229. The lowest BCUT2D eigenvalue weighted by Crippen LogP contribution is -2.38. The molecule has 0 radical (unpaired) electrons. The standard InChI is InChI=1S/C5H9NO6S/c7-4(8)2-1-3(5(9)10)6-13(11)12/h3,6H,1-2H2,(H,7,8)(H,9,10)(H,11,12)/p-1/t3-/m1/s1. The lowest BCUT2D eigenvalue weighted by Gasteiger charge is -2.14. The van der Waals surface area contributed by atoms with Crippen molar-refractivity contribution < 1.29 is 28.6 Å². The molecule has 0 aliphatic carbocycles. The van der Waals surface area contributed by atoms with Gasteiger partial charge in [0.2, 0.25) is 0 Å². The molecule has 3 N–H and O–H groups in total. The number of carboxylic acid groups (broad SMARTS) is 2. The Morgan fingerprint density at radius 2 is 2.00 bits per heavy atom. The van der Waals surface area contributed by atoms with E-state index in [4.69, 9.17) is 10.2 Å². The van der Waals surface area contributed by atoms with Crippen LogP contribution >= 0.6 is 0 Å². The monoisotopic (exact) mass is 210 g/mol. The maximum Gasteiger partial charge on any atom is 0.321 e. The fourth-order valence-corrected chi connectivity index (χ4v) is 1.07. The molecule has 1 unspecified atom stereocenters. The Morgan fingerprint density at radius 1 is 1.46 bits per heavy atom. The van der Waals surface area contributed by atoms with Crippen LogP contribution in [0.15, 0.2) is 0 Å². The topological polar surface area (TPSA) is 127 Å². The van der Waals surface area contributed by atoms with E-state index in [9.17, 15) is 18.4 Å². The normalized spacial score (nSPS) is 14.8. The molecule has 76 valence electrons. The summed E-state index contributed by atoms with van der Waals surface area (Å²) in [6.45, 7) is 0. The van der Waals surface area contributed by atoms with Crippen LogP contribution in [0.5, 0.6) is 0 Å². The second kappa shape index (κ2) is 5.62. The summed E-state index contributed by atoms with van der Waals surface area (Å²) < 4.78 is 21.8. The predicted molar refractivity (Wildman–Crippen MR) is 40.3 cm³/mol. The van der Waals surface area contributed by atoms with Crippen molar-refractivity contribution in [2.24, 2.45) is 0 Å². The Morgan fingerprint density at radius 3 is 2.31 bits per heavy atom. The van der Waals surface area contributed by atoms with E-state index in [1.807, 2.05) is 0 Å². The van der Waals surface area contributed by atoms with E-state index < -0.39 is 35.7 Å². The average molecular weight is 210 g/mol. The summed E-state index contributed by atoms with van der Waals surface area (Å²) in [5, 5.41) is 16.6. The number of carboxylic acids is 2. The van der Waals surface area contributed by atoms with Crippen LogP contribution in [0.4, 0.5) is 0 Å². The first kappa shape index (κ1) is 12.0. The number of carbonyl (C=O) groups is 2. The van der Waals surface area contributed by atoms with Gasteiger partial charge < -0.3 is 14.8 Å². The zero-order valence-corrected chi connectivity index (χ0v) is 7.24. The number of rotatable bonds is 6. The predicted octanol–water partition coefficient (Wildman–Crippen LogP) is -1.31. The van der Waals surface area contributed by atoms with E-state index in [-0.39, 0.29) is 6.42 Å². The first-order chi connectivity index (χ1) is 5.93. The minimum absolute atomic E-state index is 0.279. The SMILES string of the molecule is O=C(O)CC[C@@H](NS(=O)[O-])C(=O)O. The smallest absolute Gasteiger partial charge is 0.321 e.